The first-order valence-corrected chi connectivity index (χ1v) is 10.1. The standard InChI is InChI=1S/C23H26FN3O4/c1-16(28)25-20(15-18-5-3-4-6-21(18)31-2)23(30)27-13-11-26(12-14-27)22(29)17-7-9-19(24)10-8-17/h3-10,20H,11-15H2,1-2H3,(H,25,28). The van der Waals surface area contributed by atoms with Crippen molar-refractivity contribution >= 4 is 17.7 Å². The summed E-state index contributed by atoms with van der Waals surface area (Å²) >= 11 is 0. The second-order valence-corrected chi connectivity index (χ2v) is 7.39. The van der Waals surface area contributed by atoms with Gasteiger partial charge in [0, 0.05) is 45.1 Å². The first kappa shape index (κ1) is 22.3. The van der Waals surface area contributed by atoms with E-state index in [1.165, 1.54) is 31.2 Å². The lowest BCUT2D eigenvalue weighted by atomic mass is 10.0. The molecule has 0 aliphatic carbocycles. The molecule has 2 aromatic carbocycles. The normalized spacial score (nSPS) is 14.7. The van der Waals surface area contributed by atoms with E-state index in [-0.39, 0.29) is 17.7 Å². The van der Waals surface area contributed by atoms with Gasteiger partial charge in [-0.2, -0.15) is 0 Å². The van der Waals surface area contributed by atoms with Gasteiger partial charge < -0.3 is 19.9 Å². The van der Waals surface area contributed by atoms with E-state index >= 15 is 0 Å². The molecule has 1 heterocycles. The van der Waals surface area contributed by atoms with Gasteiger partial charge in [-0.15, -0.1) is 0 Å². The Balaban J connectivity index is 1.65. The van der Waals surface area contributed by atoms with Crippen molar-refractivity contribution in [1.29, 1.82) is 0 Å². The fourth-order valence-electron chi connectivity index (χ4n) is 3.66. The smallest absolute Gasteiger partial charge is 0.253 e. The lowest BCUT2D eigenvalue weighted by Crippen LogP contribution is -2.56. The molecule has 164 valence electrons. The molecule has 0 radical (unpaired) electrons. The maximum absolute atomic E-state index is 13.1. The zero-order valence-electron chi connectivity index (χ0n) is 17.6. The van der Waals surface area contributed by atoms with Crippen LogP contribution in [0.5, 0.6) is 5.75 Å². The molecule has 0 saturated carbocycles. The topological polar surface area (TPSA) is 79.0 Å². The number of halogens is 1. The van der Waals surface area contributed by atoms with Crippen molar-refractivity contribution in [3.63, 3.8) is 0 Å². The van der Waals surface area contributed by atoms with Crippen LogP contribution in [-0.4, -0.2) is 66.9 Å². The van der Waals surface area contributed by atoms with Crippen molar-refractivity contribution < 1.29 is 23.5 Å². The van der Waals surface area contributed by atoms with Crippen LogP contribution in [0.4, 0.5) is 4.39 Å². The van der Waals surface area contributed by atoms with Gasteiger partial charge in [0.1, 0.15) is 17.6 Å². The Hall–Kier alpha value is -3.42. The van der Waals surface area contributed by atoms with Crippen molar-refractivity contribution in [2.24, 2.45) is 0 Å². The second kappa shape index (κ2) is 10.1. The van der Waals surface area contributed by atoms with E-state index in [0.29, 0.717) is 43.9 Å². The summed E-state index contributed by atoms with van der Waals surface area (Å²) in [5.74, 6) is -0.431. The number of para-hydroxylation sites is 1. The van der Waals surface area contributed by atoms with Crippen molar-refractivity contribution in [2.75, 3.05) is 33.3 Å². The van der Waals surface area contributed by atoms with E-state index in [4.69, 9.17) is 4.74 Å². The molecular weight excluding hydrogens is 401 g/mol. The number of hydrogen-bond acceptors (Lipinski definition) is 4. The highest BCUT2D eigenvalue weighted by Crippen LogP contribution is 2.20. The van der Waals surface area contributed by atoms with Crippen LogP contribution >= 0.6 is 0 Å². The van der Waals surface area contributed by atoms with Crippen LogP contribution in [0.1, 0.15) is 22.8 Å². The molecule has 1 aliphatic rings. The fraction of sp³-hybridized carbons (Fsp3) is 0.348. The lowest BCUT2D eigenvalue weighted by Gasteiger charge is -2.36. The van der Waals surface area contributed by atoms with Gasteiger partial charge in [-0.25, -0.2) is 4.39 Å². The first-order chi connectivity index (χ1) is 14.9. The van der Waals surface area contributed by atoms with E-state index < -0.39 is 11.9 Å². The van der Waals surface area contributed by atoms with E-state index in [1.807, 2.05) is 24.3 Å². The van der Waals surface area contributed by atoms with Crippen molar-refractivity contribution in [2.45, 2.75) is 19.4 Å². The van der Waals surface area contributed by atoms with Crippen LogP contribution in [0.2, 0.25) is 0 Å². The number of carbonyl (C=O) groups excluding carboxylic acids is 3. The van der Waals surface area contributed by atoms with Crippen LogP contribution in [0.25, 0.3) is 0 Å². The predicted octanol–water partition coefficient (Wildman–Crippen LogP) is 1.87. The molecule has 3 rings (SSSR count). The number of benzene rings is 2. The third kappa shape index (κ3) is 5.59. The number of hydrogen-bond donors (Lipinski definition) is 1. The maximum atomic E-state index is 13.1. The highest BCUT2D eigenvalue weighted by molar-refractivity contribution is 5.94. The Kier molecular flexibility index (Phi) is 7.23. The van der Waals surface area contributed by atoms with Gasteiger partial charge in [0.2, 0.25) is 11.8 Å². The van der Waals surface area contributed by atoms with E-state index in [0.717, 1.165) is 5.56 Å². The number of methoxy groups -OCH3 is 1. The number of nitrogens with one attached hydrogen (secondary N) is 1. The highest BCUT2D eigenvalue weighted by atomic mass is 19.1. The molecule has 0 bridgehead atoms. The van der Waals surface area contributed by atoms with Gasteiger partial charge in [0.05, 0.1) is 7.11 Å². The number of carbonyl (C=O) groups is 3. The van der Waals surface area contributed by atoms with Gasteiger partial charge in [-0.05, 0) is 35.9 Å². The molecule has 1 atom stereocenters. The van der Waals surface area contributed by atoms with Crippen LogP contribution in [-0.2, 0) is 16.0 Å². The van der Waals surface area contributed by atoms with Gasteiger partial charge in [0.15, 0.2) is 0 Å². The number of nitrogens with zero attached hydrogens (tertiary/aromatic N) is 2. The van der Waals surface area contributed by atoms with Crippen LogP contribution in [0.15, 0.2) is 48.5 Å². The minimum absolute atomic E-state index is 0.195. The van der Waals surface area contributed by atoms with Crippen molar-refractivity contribution in [3.05, 3.63) is 65.5 Å². The molecule has 7 nitrogen and oxygen atoms in total. The number of piperazine rings is 1. The summed E-state index contributed by atoms with van der Waals surface area (Å²) in [6.07, 6.45) is 0.303. The van der Waals surface area contributed by atoms with E-state index in [2.05, 4.69) is 5.32 Å². The van der Waals surface area contributed by atoms with E-state index in [9.17, 15) is 18.8 Å². The number of rotatable bonds is 6. The largest absolute Gasteiger partial charge is 0.496 e. The fourth-order valence-corrected chi connectivity index (χ4v) is 3.66. The summed E-state index contributed by atoms with van der Waals surface area (Å²) in [5, 5.41) is 2.74. The van der Waals surface area contributed by atoms with Crippen molar-refractivity contribution in [1.82, 2.24) is 15.1 Å². The monoisotopic (exact) mass is 427 g/mol. The summed E-state index contributed by atoms with van der Waals surface area (Å²) in [7, 11) is 1.56. The molecule has 1 N–H and O–H groups in total. The molecule has 0 spiro atoms. The Bertz CT molecular complexity index is 940. The third-order valence-electron chi connectivity index (χ3n) is 5.26. The Labute approximate surface area is 180 Å². The summed E-state index contributed by atoms with van der Waals surface area (Å²) in [6, 6.07) is 12.1. The number of ether oxygens (including phenoxy) is 1. The third-order valence-corrected chi connectivity index (χ3v) is 5.26. The summed E-state index contributed by atoms with van der Waals surface area (Å²) in [6.45, 7) is 2.82. The molecule has 8 heteroatoms. The summed E-state index contributed by atoms with van der Waals surface area (Å²) < 4.78 is 18.5. The maximum Gasteiger partial charge on any atom is 0.253 e. The van der Waals surface area contributed by atoms with Crippen LogP contribution < -0.4 is 10.1 Å². The predicted molar refractivity (Wildman–Crippen MR) is 113 cm³/mol. The Morgan fingerprint density at radius 3 is 2.23 bits per heavy atom. The lowest BCUT2D eigenvalue weighted by molar-refractivity contribution is -0.137. The zero-order chi connectivity index (χ0) is 22.4. The van der Waals surface area contributed by atoms with Gasteiger partial charge in [-0.3, -0.25) is 14.4 Å². The minimum Gasteiger partial charge on any atom is -0.496 e. The molecular formula is C23H26FN3O4. The molecule has 1 unspecified atom stereocenters. The molecule has 1 aliphatic heterocycles. The molecule has 3 amide bonds. The zero-order valence-corrected chi connectivity index (χ0v) is 17.6. The Morgan fingerprint density at radius 1 is 1.00 bits per heavy atom. The molecule has 2 aromatic rings. The summed E-state index contributed by atoms with van der Waals surface area (Å²) in [5.41, 5.74) is 1.23. The molecule has 31 heavy (non-hydrogen) atoms. The van der Waals surface area contributed by atoms with Gasteiger partial charge in [-0.1, -0.05) is 18.2 Å². The summed E-state index contributed by atoms with van der Waals surface area (Å²) in [4.78, 5) is 40.8. The SMILES string of the molecule is COc1ccccc1CC(NC(C)=O)C(=O)N1CCN(C(=O)c2ccc(F)cc2)CC1. The average Bonchev–Trinajstić information content (AvgIpc) is 2.78. The first-order valence-electron chi connectivity index (χ1n) is 10.1. The Morgan fingerprint density at radius 2 is 1.61 bits per heavy atom. The molecule has 0 aromatic heterocycles. The number of amides is 3. The molecule has 1 saturated heterocycles. The minimum atomic E-state index is -0.729. The molecule has 1 fully saturated rings. The van der Waals surface area contributed by atoms with Gasteiger partial charge in [0.25, 0.3) is 5.91 Å². The second-order valence-electron chi connectivity index (χ2n) is 7.39. The average molecular weight is 427 g/mol. The van der Waals surface area contributed by atoms with Crippen molar-refractivity contribution in [3.8, 4) is 5.75 Å². The van der Waals surface area contributed by atoms with Gasteiger partial charge >= 0.3 is 0 Å². The van der Waals surface area contributed by atoms with Crippen LogP contribution in [0, 0.1) is 5.82 Å². The quantitative estimate of drug-likeness (QED) is 0.764. The van der Waals surface area contributed by atoms with Crippen LogP contribution in [0.3, 0.4) is 0 Å². The highest BCUT2D eigenvalue weighted by Gasteiger charge is 2.30. The van der Waals surface area contributed by atoms with E-state index in [1.54, 1.807) is 16.9 Å².